The highest BCUT2D eigenvalue weighted by atomic mass is 32.1. The van der Waals surface area contributed by atoms with Crippen LogP contribution in [0.2, 0.25) is 0 Å². The van der Waals surface area contributed by atoms with E-state index in [-0.39, 0.29) is 18.1 Å². The van der Waals surface area contributed by atoms with E-state index < -0.39 is 17.7 Å². The van der Waals surface area contributed by atoms with Gasteiger partial charge in [0.25, 0.3) is 0 Å². The molecule has 2 aromatic carbocycles. The molecule has 1 aliphatic heterocycles. The zero-order chi connectivity index (χ0) is 33.6. The van der Waals surface area contributed by atoms with Gasteiger partial charge in [-0.15, -0.1) is 0 Å². The fourth-order valence-corrected chi connectivity index (χ4v) is 8.83. The molecule has 49 heavy (non-hydrogen) atoms. The summed E-state index contributed by atoms with van der Waals surface area (Å²) in [4.78, 5) is 47.6. The number of anilines is 1. The first kappa shape index (κ1) is 31.9. The molecule has 3 aliphatic carbocycles. The summed E-state index contributed by atoms with van der Waals surface area (Å²) in [6, 6.07) is 12.7. The Morgan fingerprint density at radius 3 is 2.61 bits per heavy atom. The standard InChI is InChI=1S/C39H42N6O3S/c1-22-4-6-24(7-5-22)25-8-12-32-33(17-25)41-20-34(43-32)26-19-42-45(21-26)28-15-23(16-28)3-2-14-40-27-9-10-29-31(18-27)37(47)36(38(29)49)30-11-13-35(46)44-39(30)48/h8-10,12,17-24,28,30,36,40H,2-7,11,13-16H2,1H3,(H,44,46,48). The molecule has 0 spiro atoms. The highest BCUT2D eigenvalue weighted by molar-refractivity contribution is 7.81. The molecule has 3 fully saturated rings. The fourth-order valence-electron chi connectivity index (χ4n) is 8.38. The number of rotatable bonds is 9. The number of nitrogens with one attached hydrogen (secondary N) is 2. The van der Waals surface area contributed by atoms with Crippen LogP contribution in [0, 0.1) is 23.7 Å². The lowest BCUT2D eigenvalue weighted by Gasteiger charge is -2.35. The van der Waals surface area contributed by atoms with E-state index in [2.05, 4.69) is 46.6 Å². The minimum Gasteiger partial charge on any atom is -0.385 e. The van der Waals surface area contributed by atoms with Crippen molar-refractivity contribution in [3.8, 4) is 11.3 Å². The number of benzene rings is 2. The first-order chi connectivity index (χ1) is 23.8. The highest BCUT2D eigenvalue weighted by Gasteiger charge is 2.45. The summed E-state index contributed by atoms with van der Waals surface area (Å²) in [5, 5.41) is 10.5. The lowest BCUT2D eigenvalue weighted by Crippen LogP contribution is -2.45. The molecule has 1 saturated heterocycles. The molecule has 2 N–H and O–H groups in total. The molecular weight excluding hydrogens is 633 g/mol. The van der Waals surface area contributed by atoms with Crippen molar-refractivity contribution < 1.29 is 14.4 Å². The van der Waals surface area contributed by atoms with Gasteiger partial charge < -0.3 is 5.32 Å². The Hall–Kier alpha value is -4.31. The molecule has 4 aliphatic rings. The lowest BCUT2D eigenvalue weighted by atomic mass is 9.77. The summed E-state index contributed by atoms with van der Waals surface area (Å²) in [5.74, 6) is 0.0808. The number of fused-ring (bicyclic) bond motifs is 2. The van der Waals surface area contributed by atoms with Crippen LogP contribution in [0.25, 0.3) is 22.3 Å². The monoisotopic (exact) mass is 674 g/mol. The summed E-state index contributed by atoms with van der Waals surface area (Å²) in [7, 11) is 0. The van der Waals surface area contributed by atoms with Gasteiger partial charge in [0.05, 0.1) is 47.0 Å². The Bertz CT molecular complexity index is 1960. The summed E-state index contributed by atoms with van der Waals surface area (Å²) in [5.41, 5.74) is 7.34. The van der Waals surface area contributed by atoms with Crippen LogP contribution in [-0.2, 0) is 9.59 Å². The molecule has 3 heterocycles. The van der Waals surface area contributed by atoms with Gasteiger partial charge in [0, 0.05) is 46.4 Å². The summed E-state index contributed by atoms with van der Waals surface area (Å²) in [6.07, 6.45) is 16.0. The number of carbonyl (C=O) groups excluding carboxylic acids is 3. The molecule has 10 heteroatoms. The normalized spacial score (nSPS) is 26.8. The van der Waals surface area contributed by atoms with E-state index in [0.29, 0.717) is 34.7 Å². The van der Waals surface area contributed by atoms with Crippen LogP contribution in [0.15, 0.2) is 55.0 Å². The topological polar surface area (TPSA) is 119 Å². The maximum atomic E-state index is 13.3. The molecule has 0 radical (unpaired) electrons. The molecule has 4 aromatic rings. The van der Waals surface area contributed by atoms with E-state index >= 15 is 0 Å². The van der Waals surface area contributed by atoms with Crippen molar-refractivity contribution in [1.29, 1.82) is 0 Å². The van der Waals surface area contributed by atoms with Gasteiger partial charge in [-0.25, -0.2) is 4.98 Å². The Labute approximate surface area is 291 Å². The van der Waals surface area contributed by atoms with Gasteiger partial charge in [0.1, 0.15) is 0 Å². The van der Waals surface area contributed by atoms with Crippen molar-refractivity contribution in [3.05, 3.63) is 71.7 Å². The molecule has 2 unspecified atom stereocenters. The maximum absolute atomic E-state index is 13.3. The van der Waals surface area contributed by atoms with Crippen molar-refractivity contribution in [2.45, 2.75) is 83.1 Å². The number of carbonyl (C=O) groups is 3. The number of thiocarbonyl (C=S) groups is 1. The molecule has 2 aromatic heterocycles. The highest BCUT2D eigenvalue weighted by Crippen LogP contribution is 2.41. The van der Waals surface area contributed by atoms with Crippen LogP contribution >= 0.6 is 12.2 Å². The molecular formula is C39H42N6O3S. The van der Waals surface area contributed by atoms with Crippen LogP contribution in [-0.4, -0.2) is 48.8 Å². The summed E-state index contributed by atoms with van der Waals surface area (Å²) >= 11 is 5.63. The van der Waals surface area contributed by atoms with Crippen molar-refractivity contribution in [2.75, 3.05) is 11.9 Å². The second-order valence-corrected chi connectivity index (χ2v) is 15.2. The quantitative estimate of drug-likeness (QED) is 0.109. The molecule has 252 valence electrons. The second kappa shape index (κ2) is 13.2. The third-order valence-electron chi connectivity index (χ3n) is 11.5. The Morgan fingerprint density at radius 1 is 0.959 bits per heavy atom. The van der Waals surface area contributed by atoms with Crippen molar-refractivity contribution in [1.82, 2.24) is 25.1 Å². The van der Waals surface area contributed by atoms with Crippen LogP contribution in [0.4, 0.5) is 5.69 Å². The maximum Gasteiger partial charge on any atom is 0.230 e. The third-order valence-corrected chi connectivity index (χ3v) is 11.9. The van der Waals surface area contributed by atoms with Crippen molar-refractivity contribution >= 4 is 51.4 Å². The van der Waals surface area contributed by atoms with E-state index in [1.54, 1.807) is 0 Å². The van der Waals surface area contributed by atoms with Gasteiger partial charge in [-0.1, -0.05) is 44.1 Å². The van der Waals surface area contributed by atoms with E-state index in [4.69, 9.17) is 27.3 Å². The minimum atomic E-state index is -0.672. The number of piperidine rings is 1. The number of amides is 2. The number of imide groups is 1. The van der Waals surface area contributed by atoms with Gasteiger partial charge in [0.2, 0.25) is 11.8 Å². The number of hydrogen-bond acceptors (Lipinski definition) is 8. The van der Waals surface area contributed by atoms with Gasteiger partial charge in [-0.3, -0.25) is 29.4 Å². The molecule has 9 nitrogen and oxygen atoms in total. The van der Waals surface area contributed by atoms with Crippen LogP contribution in [0.1, 0.15) is 105 Å². The Balaban J connectivity index is 0.807. The summed E-state index contributed by atoms with van der Waals surface area (Å²) in [6.45, 7) is 3.17. The van der Waals surface area contributed by atoms with E-state index in [0.717, 1.165) is 71.7 Å². The molecule has 8 rings (SSSR count). The molecule has 0 bridgehead atoms. The zero-order valence-corrected chi connectivity index (χ0v) is 28.7. The largest absolute Gasteiger partial charge is 0.385 e. The summed E-state index contributed by atoms with van der Waals surface area (Å²) < 4.78 is 2.09. The number of ketones is 1. The number of Topliss-reactive ketones (excluding diaryl/α,β-unsaturated/α-hetero) is 1. The first-order valence-corrected chi connectivity index (χ1v) is 18.3. The average Bonchev–Trinajstić information content (AvgIpc) is 3.66. The SMILES string of the molecule is CC1CCC(c2ccc3nc(-c4cnn(C5CC(CCCNc6ccc7c(c6)C(=O)C(C6CCC(=O)NC6=O)C7=S)C5)c4)cnc3c2)CC1. The van der Waals surface area contributed by atoms with Crippen LogP contribution in [0.5, 0.6) is 0 Å². The molecule has 2 atom stereocenters. The van der Waals surface area contributed by atoms with E-state index in [1.165, 1.54) is 31.2 Å². The molecule has 2 saturated carbocycles. The lowest BCUT2D eigenvalue weighted by molar-refractivity contribution is -0.136. The molecule has 2 amide bonds. The van der Waals surface area contributed by atoms with Crippen LogP contribution < -0.4 is 10.6 Å². The minimum absolute atomic E-state index is 0.119. The Morgan fingerprint density at radius 2 is 1.80 bits per heavy atom. The van der Waals surface area contributed by atoms with Gasteiger partial charge >= 0.3 is 0 Å². The smallest absolute Gasteiger partial charge is 0.230 e. The van der Waals surface area contributed by atoms with E-state index in [1.807, 2.05) is 30.6 Å². The van der Waals surface area contributed by atoms with Crippen molar-refractivity contribution in [2.24, 2.45) is 23.7 Å². The predicted octanol–water partition coefficient (Wildman–Crippen LogP) is 7.21. The Kier molecular flexibility index (Phi) is 8.60. The van der Waals surface area contributed by atoms with Gasteiger partial charge in [-0.2, -0.15) is 5.10 Å². The van der Waals surface area contributed by atoms with Gasteiger partial charge in [-0.05, 0) is 92.5 Å². The first-order valence-electron chi connectivity index (χ1n) is 17.9. The van der Waals surface area contributed by atoms with Crippen LogP contribution in [0.3, 0.4) is 0 Å². The van der Waals surface area contributed by atoms with Crippen molar-refractivity contribution in [3.63, 3.8) is 0 Å². The zero-order valence-electron chi connectivity index (χ0n) is 27.9. The number of aromatic nitrogens is 4. The fraction of sp³-hybridized carbons (Fsp3) is 0.462. The predicted molar refractivity (Wildman–Crippen MR) is 192 cm³/mol. The number of nitrogens with zero attached hydrogens (tertiary/aromatic N) is 4. The average molecular weight is 675 g/mol. The van der Waals surface area contributed by atoms with Gasteiger partial charge in [0.15, 0.2) is 5.78 Å². The number of hydrogen-bond donors (Lipinski definition) is 2. The third kappa shape index (κ3) is 6.31. The second-order valence-electron chi connectivity index (χ2n) is 14.8. The van der Waals surface area contributed by atoms with E-state index in [9.17, 15) is 14.4 Å².